The van der Waals surface area contributed by atoms with Gasteiger partial charge in [0, 0.05) is 11.1 Å². The van der Waals surface area contributed by atoms with E-state index in [4.69, 9.17) is 4.63 Å². The number of halogens is 1. The molecule has 0 atom stereocenters. The van der Waals surface area contributed by atoms with E-state index < -0.39 is 11.7 Å². The lowest BCUT2D eigenvalue weighted by molar-refractivity contribution is 0.102. The molecule has 0 saturated heterocycles. The summed E-state index contributed by atoms with van der Waals surface area (Å²) in [4.78, 5) is 12.1. The quantitative estimate of drug-likeness (QED) is 0.804. The molecule has 0 spiro atoms. The first-order valence-electron chi connectivity index (χ1n) is 6.60. The van der Waals surface area contributed by atoms with Gasteiger partial charge in [-0.2, -0.15) is 0 Å². The van der Waals surface area contributed by atoms with Gasteiger partial charge in [-0.25, -0.2) is 9.02 Å². The van der Waals surface area contributed by atoms with E-state index in [0.717, 1.165) is 11.1 Å². The third kappa shape index (κ3) is 2.85. The van der Waals surface area contributed by atoms with Crippen molar-refractivity contribution >= 4 is 11.7 Å². The Morgan fingerprint density at radius 1 is 1.05 bits per heavy atom. The largest absolute Gasteiger partial charge is 0.302 e. The average Bonchev–Trinajstić information content (AvgIpc) is 2.97. The molecule has 110 valence electrons. The Kier molecular flexibility index (Phi) is 3.65. The van der Waals surface area contributed by atoms with E-state index in [1.807, 2.05) is 31.2 Å². The third-order valence-electron chi connectivity index (χ3n) is 3.15. The van der Waals surface area contributed by atoms with Gasteiger partial charge in [0.2, 0.25) is 5.82 Å². The number of carbonyl (C=O) groups excluding carboxylic acids is 1. The lowest BCUT2D eigenvalue weighted by Crippen LogP contribution is -2.12. The number of hydrogen-bond donors (Lipinski definition) is 1. The minimum absolute atomic E-state index is 0.221. The number of aromatic nitrogens is 2. The highest BCUT2D eigenvalue weighted by Gasteiger charge is 2.16. The van der Waals surface area contributed by atoms with Crippen molar-refractivity contribution in [3.63, 3.8) is 0 Å². The Hall–Kier alpha value is -3.02. The standard InChI is InChI=1S/C16H12FN3O2/c1-10-2-4-11(5-3-10)14-15(20-22-19-14)18-16(21)12-6-8-13(17)9-7-12/h2-9H,1H3,(H,18,20,21). The number of anilines is 1. The lowest BCUT2D eigenvalue weighted by atomic mass is 10.1. The van der Waals surface area contributed by atoms with Crippen LogP contribution < -0.4 is 5.32 Å². The molecule has 5 nitrogen and oxygen atoms in total. The van der Waals surface area contributed by atoms with E-state index in [1.54, 1.807) is 0 Å². The van der Waals surface area contributed by atoms with Crippen molar-refractivity contribution in [2.24, 2.45) is 0 Å². The number of carbonyl (C=O) groups is 1. The average molecular weight is 297 g/mol. The maximum atomic E-state index is 12.9. The molecule has 0 aliphatic carbocycles. The summed E-state index contributed by atoms with van der Waals surface area (Å²) in [6.45, 7) is 1.97. The summed E-state index contributed by atoms with van der Waals surface area (Å²) >= 11 is 0. The van der Waals surface area contributed by atoms with Crippen LogP contribution in [0.2, 0.25) is 0 Å². The second-order valence-electron chi connectivity index (χ2n) is 4.79. The zero-order valence-electron chi connectivity index (χ0n) is 11.7. The highest BCUT2D eigenvalue weighted by molar-refractivity contribution is 6.05. The van der Waals surface area contributed by atoms with Crippen LogP contribution in [0, 0.1) is 12.7 Å². The van der Waals surface area contributed by atoms with Crippen molar-refractivity contribution in [2.45, 2.75) is 6.92 Å². The number of nitrogens with zero attached hydrogens (tertiary/aromatic N) is 2. The van der Waals surface area contributed by atoms with Crippen LogP contribution in [0.4, 0.5) is 10.2 Å². The van der Waals surface area contributed by atoms with Gasteiger partial charge in [-0.3, -0.25) is 4.79 Å². The fraction of sp³-hybridized carbons (Fsp3) is 0.0625. The fourth-order valence-corrected chi connectivity index (χ4v) is 1.95. The van der Waals surface area contributed by atoms with Crippen molar-refractivity contribution in [2.75, 3.05) is 5.32 Å². The molecule has 0 fully saturated rings. The van der Waals surface area contributed by atoms with E-state index >= 15 is 0 Å². The first-order chi connectivity index (χ1) is 10.6. The Labute approximate surface area is 125 Å². The van der Waals surface area contributed by atoms with Gasteiger partial charge in [-0.15, -0.1) is 0 Å². The summed E-state index contributed by atoms with van der Waals surface area (Å²) in [5.74, 6) is -0.595. The monoisotopic (exact) mass is 297 g/mol. The van der Waals surface area contributed by atoms with E-state index in [-0.39, 0.29) is 5.82 Å². The highest BCUT2D eigenvalue weighted by Crippen LogP contribution is 2.24. The first-order valence-corrected chi connectivity index (χ1v) is 6.60. The van der Waals surface area contributed by atoms with Crippen molar-refractivity contribution in [1.82, 2.24) is 10.3 Å². The van der Waals surface area contributed by atoms with Gasteiger partial charge in [-0.05, 0) is 41.5 Å². The van der Waals surface area contributed by atoms with Gasteiger partial charge in [0.15, 0.2) is 5.69 Å². The molecule has 0 aliphatic heterocycles. The molecule has 1 amide bonds. The van der Waals surface area contributed by atoms with Gasteiger partial charge in [0.1, 0.15) is 5.82 Å². The normalized spacial score (nSPS) is 10.5. The molecule has 0 radical (unpaired) electrons. The predicted molar refractivity (Wildman–Crippen MR) is 78.8 cm³/mol. The molecule has 0 unspecified atom stereocenters. The van der Waals surface area contributed by atoms with Crippen molar-refractivity contribution in [1.29, 1.82) is 0 Å². The maximum absolute atomic E-state index is 12.9. The number of benzene rings is 2. The lowest BCUT2D eigenvalue weighted by Gasteiger charge is -2.03. The van der Waals surface area contributed by atoms with Gasteiger partial charge < -0.3 is 5.32 Å². The molecule has 3 rings (SSSR count). The van der Waals surface area contributed by atoms with E-state index in [1.165, 1.54) is 24.3 Å². The molecule has 1 aromatic heterocycles. The van der Waals surface area contributed by atoms with Gasteiger partial charge in [0.05, 0.1) is 0 Å². The Bertz CT molecular complexity index is 795. The molecule has 22 heavy (non-hydrogen) atoms. The summed E-state index contributed by atoms with van der Waals surface area (Å²) in [5.41, 5.74) is 2.65. The Balaban J connectivity index is 1.84. The number of rotatable bonds is 3. The second kappa shape index (κ2) is 5.77. The third-order valence-corrected chi connectivity index (χ3v) is 3.15. The predicted octanol–water partition coefficient (Wildman–Crippen LogP) is 3.44. The number of hydrogen-bond acceptors (Lipinski definition) is 4. The highest BCUT2D eigenvalue weighted by atomic mass is 19.1. The van der Waals surface area contributed by atoms with Crippen LogP contribution >= 0.6 is 0 Å². The molecule has 0 aliphatic rings. The van der Waals surface area contributed by atoms with E-state index in [9.17, 15) is 9.18 Å². The SMILES string of the molecule is Cc1ccc(-c2nonc2NC(=O)c2ccc(F)cc2)cc1. The molecule has 2 aromatic carbocycles. The molecule has 0 bridgehead atoms. The van der Waals surface area contributed by atoms with Crippen LogP contribution in [-0.2, 0) is 0 Å². The molecule has 6 heteroatoms. The summed E-state index contributed by atoms with van der Waals surface area (Å²) in [5, 5.41) is 10.1. The van der Waals surface area contributed by atoms with Gasteiger partial charge in [0.25, 0.3) is 5.91 Å². The van der Waals surface area contributed by atoms with Crippen LogP contribution in [-0.4, -0.2) is 16.2 Å². The smallest absolute Gasteiger partial charge is 0.256 e. The van der Waals surface area contributed by atoms with Crippen LogP contribution in [0.3, 0.4) is 0 Å². The van der Waals surface area contributed by atoms with Crippen LogP contribution in [0.1, 0.15) is 15.9 Å². The minimum atomic E-state index is -0.413. The van der Waals surface area contributed by atoms with Crippen LogP contribution in [0.5, 0.6) is 0 Å². The van der Waals surface area contributed by atoms with Crippen molar-refractivity contribution in [3.8, 4) is 11.3 Å². The Morgan fingerprint density at radius 2 is 1.73 bits per heavy atom. The molecule has 1 heterocycles. The van der Waals surface area contributed by atoms with E-state index in [2.05, 4.69) is 15.6 Å². The van der Waals surface area contributed by atoms with E-state index in [0.29, 0.717) is 11.3 Å². The zero-order valence-corrected chi connectivity index (χ0v) is 11.7. The van der Waals surface area contributed by atoms with Gasteiger partial charge >= 0.3 is 0 Å². The fourth-order valence-electron chi connectivity index (χ4n) is 1.95. The Morgan fingerprint density at radius 3 is 2.41 bits per heavy atom. The second-order valence-corrected chi connectivity index (χ2v) is 4.79. The summed E-state index contributed by atoms with van der Waals surface area (Å²) in [7, 11) is 0. The molecule has 3 aromatic rings. The number of nitrogens with one attached hydrogen (secondary N) is 1. The van der Waals surface area contributed by atoms with Crippen molar-refractivity contribution in [3.05, 3.63) is 65.5 Å². The van der Waals surface area contributed by atoms with Crippen molar-refractivity contribution < 1.29 is 13.8 Å². The zero-order chi connectivity index (χ0) is 15.5. The molecule has 1 N–H and O–H groups in total. The summed E-state index contributed by atoms with van der Waals surface area (Å²) < 4.78 is 17.6. The number of aryl methyl sites for hydroxylation is 1. The number of amides is 1. The minimum Gasteiger partial charge on any atom is -0.302 e. The van der Waals surface area contributed by atoms with Crippen LogP contribution in [0.15, 0.2) is 53.2 Å². The maximum Gasteiger partial charge on any atom is 0.256 e. The summed E-state index contributed by atoms with van der Waals surface area (Å²) in [6.07, 6.45) is 0. The van der Waals surface area contributed by atoms with Crippen LogP contribution in [0.25, 0.3) is 11.3 Å². The van der Waals surface area contributed by atoms with Gasteiger partial charge in [-0.1, -0.05) is 29.8 Å². The first kappa shape index (κ1) is 13.9. The topological polar surface area (TPSA) is 68.0 Å². The molecular formula is C16H12FN3O2. The molecule has 0 saturated carbocycles. The molecular weight excluding hydrogens is 285 g/mol. The summed E-state index contributed by atoms with van der Waals surface area (Å²) in [6, 6.07) is 12.8.